The molecule has 1 aliphatic rings. The number of benzene rings is 1. The molecule has 1 heterocycles. The average molecular weight is 342 g/mol. The Bertz CT molecular complexity index is 690. The van der Waals surface area contributed by atoms with E-state index in [9.17, 15) is 9.59 Å². The molecular weight excluding hydrogens is 316 g/mol. The van der Waals surface area contributed by atoms with Crippen LogP contribution in [0.5, 0.6) is 0 Å². The van der Waals surface area contributed by atoms with Crippen LogP contribution in [0.4, 0.5) is 0 Å². The number of amides is 1. The lowest BCUT2D eigenvalue weighted by atomic mass is 9.77. The zero-order chi connectivity index (χ0) is 18.6. The lowest BCUT2D eigenvalue weighted by Gasteiger charge is -2.42. The van der Waals surface area contributed by atoms with Crippen molar-refractivity contribution in [2.75, 3.05) is 21.2 Å². The summed E-state index contributed by atoms with van der Waals surface area (Å²) in [4.78, 5) is 28.7. The van der Waals surface area contributed by atoms with E-state index in [1.54, 1.807) is 20.2 Å². The van der Waals surface area contributed by atoms with E-state index in [2.05, 4.69) is 0 Å². The third-order valence-corrected chi connectivity index (χ3v) is 4.44. The van der Waals surface area contributed by atoms with Gasteiger partial charge in [-0.3, -0.25) is 9.59 Å². The fourth-order valence-electron chi connectivity index (χ4n) is 3.18. The third-order valence-electron chi connectivity index (χ3n) is 4.44. The highest BCUT2D eigenvalue weighted by Crippen LogP contribution is 2.35. The molecule has 0 N–H and O–H groups in total. The van der Waals surface area contributed by atoms with Crippen molar-refractivity contribution in [1.82, 2.24) is 9.80 Å². The molecule has 1 aliphatic heterocycles. The first kappa shape index (κ1) is 18.8. The third kappa shape index (κ3) is 3.92. The number of nitrogens with zero attached hydrogens (tertiary/aromatic N) is 2. The maximum atomic E-state index is 12.7. The molecule has 5 nitrogen and oxygen atoms in total. The summed E-state index contributed by atoms with van der Waals surface area (Å²) in [7, 11) is 4.80. The predicted molar refractivity (Wildman–Crippen MR) is 97.5 cm³/mol. The molecule has 0 aromatic heterocycles. The van der Waals surface area contributed by atoms with Gasteiger partial charge in [-0.25, -0.2) is 0 Å². The monoisotopic (exact) mass is 342 g/mol. The van der Waals surface area contributed by atoms with Gasteiger partial charge < -0.3 is 14.5 Å². The van der Waals surface area contributed by atoms with E-state index in [-0.39, 0.29) is 11.9 Å². The van der Waals surface area contributed by atoms with Crippen LogP contribution in [0.2, 0.25) is 0 Å². The number of rotatable bonds is 5. The van der Waals surface area contributed by atoms with E-state index >= 15 is 0 Å². The number of allylic oxidation sites excluding steroid dienone is 2. The van der Waals surface area contributed by atoms with Crippen molar-refractivity contribution >= 4 is 11.9 Å². The summed E-state index contributed by atoms with van der Waals surface area (Å²) in [5.41, 5.74) is 0.807. The minimum absolute atomic E-state index is 0.107. The lowest BCUT2D eigenvalue weighted by Crippen LogP contribution is -2.51. The molecule has 25 heavy (non-hydrogen) atoms. The van der Waals surface area contributed by atoms with Gasteiger partial charge in [-0.05, 0) is 31.6 Å². The maximum Gasteiger partial charge on any atom is 0.313 e. The fourth-order valence-corrected chi connectivity index (χ4v) is 3.18. The summed E-state index contributed by atoms with van der Waals surface area (Å²) in [6.45, 7) is 4.23. The summed E-state index contributed by atoms with van der Waals surface area (Å²) in [5, 5.41) is 0. The van der Waals surface area contributed by atoms with Gasteiger partial charge in [0.2, 0.25) is 0 Å². The molecule has 0 bridgehead atoms. The number of hydrogen-bond donors (Lipinski definition) is 0. The van der Waals surface area contributed by atoms with Crippen LogP contribution in [0, 0.1) is 5.41 Å². The zero-order valence-corrected chi connectivity index (χ0v) is 15.5. The number of carbonyl (C=O) groups excluding carboxylic acids is 2. The Hall–Kier alpha value is -2.56. The van der Waals surface area contributed by atoms with Gasteiger partial charge in [-0.2, -0.15) is 0 Å². The van der Waals surface area contributed by atoms with Crippen LogP contribution < -0.4 is 0 Å². The molecule has 0 fully saturated rings. The molecule has 0 spiro atoms. The van der Waals surface area contributed by atoms with E-state index in [4.69, 9.17) is 4.74 Å². The van der Waals surface area contributed by atoms with Crippen LogP contribution in [0.1, 0.15) is 19.4 Å². The highest BCUT2D eigenvalue weighted by molar-refractivity contribution is 5.96. The standard InChI is InChI=1S/C20H26N2O3/c1-20(2,19(24)25-5)17-16(18(23)21(3)4)12-9-13-22(17)14-15-10-7-6-8-11-15/h6-13,17H,14H2,1-5H3. The Balaban J connectivity index is 2.44. The molecule has 1 amide bonds. The van der Waals surface area contributed by atoms with Crippen LogP contribution >= 0.6 is 0 Å². The molecule has 1 atom stereocenters. The summed E-state index contributed by atoms with van der Waals surface area (Å²) in [5.74, 6) is -0.451. The van der Waals surface area contributed by atoms with Crippen LogP contribution in [0.3, 0.4) is 0 Å². The lowest BCUT2D eigenvalue weighted by molar-refractivity contribution is -0.153. The molecule has 1 aromatic carbocycles. The van der Waals surface area contributed by atoms with Crippen molar-refractivity contribution < 1.29 is 14.3 Å². The largest absolute Gasteiger partial charge is 0.469 e. The smallest absolute Gasteiger partial charge is 0.313 e. The minimum Gasteiger partial charge on any atom is -0.469 e. The minimum atomic E-state index is -0.883. The second kappa shape index (κ2) is 7.55. The van der Waals surface area contributed by atoms with Crippen molar-refractivity contribution in [3.63, 3.8) is 0 Å². The van der Waals surface area contributed by atoms with Gasteiger partial charge in [0.1, 0.15) is 0 Å². The Kier molecular flexibility index (Phi) is 5.67. The average Bonchev–Trinajstić information content (AvgIpc) is 2.60. The Labute approximate surface area is 149 Å². The number of methoxy groups -OCH3 is 1. The van der Waals surface area contributed by atoms with Gasteiger partial charge in [0.25, 0.3) is 5.91 Å². The second-order valence-electron chi connectivity index (χ2n) is 6.94. The fraction of sp³-hybridized carbons (Fsp3) is 0.400. The van der Waals surface area contributed by atoms with Crippen molar-refractivity contribution in [3.8, 4) is 0 Å². The first-order valence-corrected chi connectivity index (χ1v) is 8.27. The van der Waals surface area contributed by atoms with E-state index in [0.717, 1.165) is 5.56 Å². The summed E-state index contributed by atoms with van der Waals surface area (Å²) in [6, 6.07) is 9.56. The Morgan fingerprint density at radius 2 is 1.84 bits per heavy atom. The van der Waals surface area contributed by atoms with Crippen LogP contribution in [-0.4, -0.2) is 48.9 Å². The number of ether oxygens (including phenoxy) is 1. The van der Waals surface area contributed by atoms with Gasteiger partial charge in [0.05, 0.1) is 18.6 Å². The molecule has 1 aromatic rings. The summed E-state index contributed by atoms with van der Waals surface area (Å²) < 4.78 is 5.01. The number of likely N-dealkylation sites (N-methyl/N-ethyl adjacent to an activating group) is 1. The van der Waals surface area contributed by atoms with Gasteiger partial charge in [0, 0.05) is 32.4 Å². The quantitative estimate of drug-likeness (QED) is 0.772. The van der Waals surface area contributed by atoms with E-state index < -0.39 is 11.5 Å². The van der Waals surface area contributed by atoms with Crippen LogP contribution in [0.15, 0.2) is 54.3 Å². The van der Waals surface area contributed by atoms with Crippen LogP contribution in [-0.2, 0) is 20.9 Å². The SMILES string of the molecule is COC(=O)C(C)(C)C1C(C(=O)N(C)C)=CC=CN1Cc1ccccc1. The highest BCUT2D eigenvalue weighted by atomic mass is 16.5. The van der Waals surface area contributed by atoms with Crippen molar-refractivity contribution in [1.29, 1.82) is 0 Å². The van der Waals surface area contributed by atoms with Gasteiger partial charge in [-0.1, -0.05) is 30.3 Å². The number of carbonyl (C=O) groups is 2. The molecule has 2 rings (SSSR count). The molecule has 0 aliphatic carbocycles. The number of hydrogen-bond acceptors (Lipinski definition) is 4. The molecule has 0 saturated heterocycles. The van der Waals surface area contributed by atoms with Crippen molar-refractivity contribution in [3.05, 3.63) is 59.8 Å². The second-order valence-corrected chi connectivity index (χ2v) is 6.94. The Morgan fingerprint density at radius 3 is 2.40 bits per heavy atom. The molecular formula is C20H26N2O3. The first-order valence-electron chi connectivity index (χ1n) is 8.27. The van der Waals surface area contributed by atoms with Crippen molar-refractivity contribution in [2.24, 2.45) is 5.41 Å². The summed E-state index contributed by atoms with van der Waals surface area (Å²) >= 11 is 0. The molecule has 1 unspecified atom stereocenters. The molecule has 134 valence electrons. The molecule has 5 heteroatoms. The van der Waals surface area contributed by atoms with Crippen molar-refractivity contribution in [2.45, 2.75) is 26.4 Å². The normalized spacial score (nSPS) is 17.1. The predicted octanol–water partition coefficient (Wildman–Crippen LogP) is 2.60. The zero-order valence-electron chi connectivity index (χ0n) is 15.5. The topological polar surface area (TPSA) is 49.9 Å². The van der Waals surface area contributed by atoms with Gasteiger partial charge in [0.15, 0.2) is 0 Å². The number of esters is 1. The molecule has 0 radical (unpaired) electrons. The maximum absolute atomic E-state index is 12.7. The van der Waals surface area contributed by atoms with Gasteiger partial charge >= 0.3 is 5.97 Å². The van der Waals surface area contributed by atoms with E-state index in [1.807, 2.05) is 61.4 Å². The van der Waals surface area contributed by atoms with E-state index in [1.165, 1.54) is 12.0 Å². The summed E-state index contributed by atoms with van der Waals surface area (Å²) in [6.07, 6.45) is 5.57. The molecule has 0 saturated carbocycles. The van der Waals surface area contributed by atoms with E-state index in [0.29, 0.717) is 12.1 Å². The Morgan fingerprint density at radius 1 is 1.20 bits per heavy atom. The first-order chi connectivity index (χ1) is 11.8. The van der Waals surface area contributed by atoms with Crippen LogP contribution in [0.25, 0.3) is 0 Å². The highest BCUT2D eigenvalue weighted by Gasteiger charge is 2.45. The van der Waals surface area contributed by atoms with Gasteiger partial charge in [-0.15, -0.1) is 0 Å².